The summed E-state index contributed by atoms with van der Waals surface area (Å²) in [4.78, 5) is 44.6. The van der Waals surface area contributed by atoms with Gasteiger partial charge in [0.05, 0.1) is 16.5 Å². The van der Waals surface area contributed by atoms with Gasteiger partial charge in [-0.2, -0.15) is 0 Å². The Kier molecular flexibility index (Phi) is 5.73. The molecule has 0 aliphatic rings. The number of nitrogens with one attached hydrogen (secondary N) is 1. The Balaban J connectivity index is 1.45. The number of aromatic nitrogens is 3. The van der Waals surface area contributed by atoms with Gasteiger partial charge in [-0.25, -0.2) is 14.8 Å². The van der Waals surface area contributed by atoms with Crippen molar-refractivity contribution < 1.29 is 14.1 Å². The van der Waals surface area contributed by atoms with Crippen LogP contribution in [0.5, 0.6) is 0 Å². The molecule has 0 spiro atoms. The van der Waals surface area contributed by atoms with E-state index < -0.39 is 16.6 Å². The molecule has 0 saturated carbocycles. The summed E-state index contributed by atoms with van der Waals surface area (Å²) in [5.74, 6) is -1.21. The zero-order valence-corrected chi connectivity index (χ0v) is 17.9. The molecule has 4 rings (SSSR count). The third-order valence-corrected chi connectivity index (χ3v) is 5.35. The molecule has 0 aliphatic heterocycles. The van der Waals surface area contributed by atoms with Crippen LogP contribution in [0.15, 0.2) is 67.8 Å². The highest BCUT2D eigenvalue weighted by Crippen LogP contribution is 2.26. The van der Waals surface area contributed by atoms with E-state index in [0.29, 0.717) is 16.4 Å². The molecule has 0 unspecified atom stereocenters. The van der Waals surface area contributed by atoms with Gasteiger partial charge in [-0.15, -0.1) is 0 Å². The third-order valence-electron chi connectivity index (χ3n) is 4.47. The maximum absolute atomic E-state index is 12.5. The smallest absolute Gasteiger partial charge is 0.407 e. The number of carbonyl (C=O) groups excluding carboxylic acids is 1. The Morgan fingerprint density at radius 2 is 1.81 bits per heavy atom. The van der Waals surface area contributed by atoms with Crippen molar-refractivity contribution >= 4 is 40.1 Å². The SMILES string of the molecule is Cc1cc(C)nc(Sc2ccc(NC(=O)Cn3c(=O)oc4cc([N+](=O)[O-])ccc43)cc2)n1. The summed E-state index contributed by atoms with van der Waals surface area (Å²) in [6.07, 6.45) is 0. The van der Waals surface area contributed by atoms with Crippen LogP contribution in [0.3, 0.4) is 0 Å². The van der Waals surface area contributed by atoms with Crippen molar-refractivity contribution in [3.05, 3.63) is 80.6 Å². The van der Waals surface area contributed by atoms with Crippen LogP contribution in [-0.2, 0) is 11.3 Å². The van der Waals surface area contributed by atoms with Crippen molar-refractivity contribution in [3.8, 4) is 0 Å². The van der Waals surface area contributed by atoms with Gasteiger partial charge in [0.1, 0.15) is 6.54 Å². The zero-order chi connectivity index (χ0) is 22.8. The van der Waals surface area contributed by atoms with Gasteiger partial charge < -0.3 is 9.73 Å². The maximum Gasteiger partial charge on any atom is 0.420 e. The largest absolute Gasteiger partial charge is 0.420 e. The van der Waals surface area contributed by atoms with Crippen LogP contribution in [0.25, 0.3) is 11.1 Å². The van der Waals surface area contributed by atoms with E-state index in [9.17, 15) is 19.7 Å². The summed E-state index contributed by atoms with van der Waals surface area (Å²) in [6.45, 7) is 3.52. The Bertz CT molecular complexity index is 1370. The number of rotatable bonds is 6. The van der Waals surface area contributed by atoms with E-state index in [4.69, 9.17) is 4.42 Å². The number of nitro benzene ring substituents is 1. The number of nitro groups is 1. The fraction of sp³-hybridized carbons (Fsp3) is 0.143. The van der Waals surface area contributed by atoms with Crippen molar-refractivity contribution in [2.75, 3.05) is 5.32 Å². The Morgan fingerprint density at radius 1 is 1.12 bits per heavy atom. The van der Waals surface area contributed by atoms with Crippen LogP contribution in [0.4, 0.5) is 11.4 Å². The third kappa shape index (κ3) is 4.67. The molecule has 0 atom stereocenters. The molecule has 0 fully saturated rings. The van der Waals surface area contributed by atoms with E-state index in [1.165, 1.54) is 23.9 Å². The highest BCUT2D eigenvalue weighted by Gasteiger charge is 2.16. The highest BCUT2D eigenvalue weighted by atomic mass is 32.2. The average molecular weight is 451 g/mol. The second kappa shape index (κ2) is 8.63. The summed E-state index contributed by atoms with van der Waals surface area (Å²) in [5, 5.41) is 14.2. The normalized spacial score (nSPS) is 10.9. The lowest BCUT2D eigenvalue weighted by atomic mass is 10.3. The predicted molar refractivity (Wildman–Crippen MR) is 118 cm³/mol. The van der Waals surface area contributed by atoms with E-state index in [-0.39, 0.29) is 17.8 Å². The van der Waals surface area contributed by atoms with Gasteiger partial charge in [0, 0.05) is 28.0 Å². The van der Waals surface area contributed by atoms with E-state index in [0.717, 1.165) is 26.9 Å². The average Bonchev–Trinajstić information content (AvgIpc) is 3.03. The van der Waals surface area contributed by atoms with Crippen LogP contribution < -0.4 is 11.1 Å². The number of nitrogens with zero attached hydrogens (tertiary/aromatic N) is 4. The molecular weight excluding hydrogens is 434 g/mol. The maximum atomic E-state index is 12.5. The quantitative estimate of drug-likeness (QED) is 0.266. The fourth-order valence-corrected chi connectivity index (χ4v) is 3.98. The lowest BCUT2D eigenvalue weighted by Gasteiger charge is -2.07. The summed E-state index contributed by atoms with van der Waals surface area (Å²) < 4.78 is 6.16. The molecule has 10 nitrogen and oxygen atoms in total. The molecule has 4 aromatic rings. The first-order valence-corrected chi connectivity index (χ1v) is 10.3. The highest BCUT2D eigenvalue weighted by molar-refractivity contribution is 7.99. The molecule has 0 aliphatic carbocycles. The minimum Gasteiger partial charge on any atom is -0.407 e. The number of fused-ring (bicyclic) bond motifs is 1. The van der Waals surface area contributed by atoms with Gasteiger partial charge in [-0.1, -0.05) is 0 Å². The molecule has 11 heteroatoms. The molecule has 1 amide bonds. The van der Waals surface area contributed by atoms with Crippen molar-refractivity contribution in [3.63, 3.8) is 0 Å². The zero-order valence-electron chi connectivity index (χ0n) is 17.1. The summed E-state index contributed by atoms with van der Waals surface area (Å²) in [5.41, 5.74) is 2.48. The molecule has 32 heavy (non-hydrogen) atoms. The van der Waals surface area contributed by atoms with Gasteiger partial charge in [0.2, 0.25) is 5.91 Å². The van der Waals surface area contributed by atoms with E-state index >= 15 is 0 Å². The monoisotopic (exact) mass is 451 g/mol. The molecule has 2 aromatic heterocycles. The van der Waals surface area contributed by atoms with Gasteiger partial charge in [-0.05, 0) is 62.0 Å². The Labute approximate surface area is 185 Å². The fourth-order valence-electron chi connectivity index (χ4n) is 3.11. The van der Waals surface area contributed by atoms with Crippen LogP contribution in [0.2, 0.25) is 0 Å². The minimum absolute atomic E-state index is 0.0481. The van der Waals surface area contributed by atoms with Crippen LogP contribution in [-0.4, -0.2) is 25.4 Å². The van der Waals surface area contributed by atoms with E-state index in [2.05, 4.69) is 15.3 Å². The first kappa shape index (κ1) is 21.2. The number of benzene rings is 2. The molecule has 162 valence electrons. The second-order valence-electron chi connectivity index (χ2n) is 6.97. The Hall–Kier alpha value is -3.99. The molecule has 2 aromatic carbocycles. The number of amides is 1. The number of anilines is 1. The number of non-ortho nitro benzene ring substituents is 1. The number of hydrogen-bond donors (Lipinski definition) is 1. The molecule has 0 radical (unpaired) electrons. The number of aryl methyl sites for hydroxylation is 2. The van der Waals surface area contributed by atoms with Crippen molar-refractivity contribution in [2.24, 2.45) is 0 Å². The van der Waals surface area contributed by atoms with Crippen molar-refractivity contribution in [1.29, 1.82) is 0 Å². The predicted octanol–water partition coefficient (Wildman–Crippen LogP) is 3.70. The molecular formula is C21H17N5O5S. The van der Waals surface area contributed by atoms with Crippen molar-refractivity contribution in [1.82, 2.24) is 14.5 Å². The minimum atomic E-state index is -0.768. The molecule has 1 N–H and O–H groups in total. The summed E-state index contributed by atoms with van der Waals surface area (Å²) in [6, 6.07) is 12.8. The van der Waals surface area contributed by atoms with Gasteiger partial charge >= 0.3 is 5.76 Å². The topological polar surface area (TPSA) is 133 Å². The number of carbonyl (C=O) groups is 1. The summed E-state index contributed by atoms with van der Waals surface area (Å²) >= 11 is 1.41. The van der Waals surface area contributed by atoms with E-state index in [1.807, 2.05) is 32.0 Å². The summed E-state index contributed by atoms with van der Waals surface area (Å²) in [7, 11) is 0. The number of oxazole rings is 1. The second-order valence-corrected chi connectivity index (χ2v) is 8.01. The lowest BCUT2D eigenvalue weighted by molar-refractivity contribution is -0.384. The van der Waals surface area contributed by atoms with Crippen molar-refractivity contribution in [2.45, 2.75) is 30.4 Å². The molecule has 2 heterocycles. The van der Waals surface area contributed by atoms with Crippen LogP contribution in [0, 0.1) is 24.0 Å². The standard InChI is InChI=1S/C21H17N5O5S/c1-12-9-13(2)23-20(22-12)32-16-6-3-14(4-7-16)24-19(27)11-25-17-8-5-15(26(29)30)10-18(17)31-21(25)28/h3-10H,11H2,1-2H3,(H,24,27). The first-order chi connectivity index (χ1) is 15.3. The lowest BCUT2D eigenvalue weighted by Crippen LogP contribution is -2.24. The van der Waals surface area contributed by atoms with Gasteiger partial charge in [0.15, 0.2) is 10.7 Å². The van der Waals surface area contributed by atoms with Crippen LogP contribution in [0.1, 0.15) is 11.4 Å². The van der Waals surface area contributed by atoms with E-state index in [1.54, 1.807) is 12.1 Å². The Morgan fingerprint density at radius 3 is 2.47 bits per heavy atom. The van der Waals surface area contributed by atoms with Gasteiger partial charge in [-0.3, -0.25) is 19.5 Å². The molecule has 0 bridgehead atoms. The van der Waals surface area contributed by atoms with Crippen LogP contribution >= 0.6 is 11.8 Å². The number of hydrogen-bond acceptors (Lipinski definition) is 8. The first-order valence-electron chi connectivity index (χ1n) is 9.46. The van der Waals surface area contributed by atoms with Gasteiger partial charge in [0.25, 0.3) is 5.69 Å². The molecule has 0 saturated heterocycles.